The van der Waals surface area contributed by atoms with Crippen molar-refractivity contribution in [2.75, 3.05) is 23.6 Å². The molecule has 2 rings (SSSR count). The number of ether oxygens (including phenoxy) is 1. The second-order valence-corrected chi connectivity index (χ2v) is 6.72. The Morgan fingerprint density at radius 1 is 1.04 bits per heavy atom. The number of benzene rings is 2. The van der Waals surface area contributed by atoms with E-state index >= 15 is 0 Å². The Hall–Kier alpha value is -2.61. The Balaban J connectivity index is 1.70. The molecule has 2 aromatic carbocycles. The maximum atomic E-state index is 12.7. The summed E-state index contributed by atoms with van der Waals surface area (Å²) in [5.74, 6) is -0.772. The van der Waals surface area contributed by atoms with Gasteiger partial charge in [0.25, 0.3) is 5.91 Å². The summed E-state index contributed by atoms with van der Waals surface area (Å²) in [6.07, 6.45) is 0. The third-order valence-corrected chi connectivity index (χ3v) is 4.21. The van der Waals surface area contributed by atoms with Crippen molar-refractivity contribution < 1.29 is 22.3 Å². The minimum atomic E-state index is -3.55. The largest absolute Gasteiger partial charge is 0.484 e. The predicted octanol–water partition coefficient (Wildman–Crippen LogP) is 1.76. The standard InChI is InChI=1S/C16H17FN2O4S/c17-13-6-8-15(9-7-13)23-12-16(20)18-10-11-24(21,22)19-14-4-2-1-3-5-14/h1-9,19H,10-12H2,(H,18,20). The van der Waals surface area contributed by atoms with Gasteiger partial charge in [-0.1, -0.05) is 18.2 Å². The number of para-hydroxylation sites is 1. The summed E-state index contributed by atoms with van der Waals surface area (Å²) in [5, 5.41) is 2.45. The molecule has 0 aliphatic rings. The summed E-state index contributed by atoms with van der Waals surface area (Å²) in [5.41, 5.74) is 0.462. The SMILES string of the molecule is O=C(COc1ccc(F)cc1)NCCS(=O)(=O)Nc1ccccc1. The summed E-state index contributed by atoms with van der Waals surface area (Å²) in [6.45, 7) is -0.328. The molecule has 0 atom stereocenters. The van der Waals surface area contributed by atoms with E-state index in [1.165, 1.54) is 24.3 Å². The lowest BCUT2D eigenvalue weighted by molar-refractivity contribution is -0.122. The highest BCUT2D eigenvalue weighted by molar-refractivity contribution is 7.92. The number of halogens is 1. The number of hydrogen-bond acceptors (Lipinski definition) is 4. The first-order valence-corrected chi connectivity index (χ1v) is 8.80. The molecule has 0 aliphatic carbocycles. The minimum Gasteiger partial charge on any atom is -0.484 e. The second-order valence-electron chi connectivity index (χ2n) is 4.88. The molecule has 0 aliphatic heterocycles. The molecule has 2 N–H and O–H groups in total. The van der Waals surface area contributed by atoms with Gasteiger partial charge in [-0.2, -0.15) is 0 Å². The van der Waals surface area contributed by atoms with Crippen LogP contribution in [-0.2, 0) is 14.8 Å². The van der Waals surface area contributed by atoms with Crippen molar-refractivity contribution >= 4 is 21.6 Å². The first-order valence-electron chi connectivity index (χ1n) is 7.15. The highest BCUT2D eigenvalue weighted by atomic mass is 32.2. The van der Waals surface area contributed by atoms with Crippen molar-refractivity contribution in [3.05, 3.63) is 60.4 Å². The molecule has 1 amide bonds. The fraction of sp³-hybridized carbons (Fsp3) is 0.188. The highest BCUT2D eigenvalue weighted by Gasteiger charge is 2.11. The van der Waals surface area contributed by atoms with Crippen LogP contribution in [0.2, 0.25) is 0 Å². The van der Waals surface area contributed by atoms with Crippen LogP contribution < -0.4 is 14.8 Å². The van der Waals surface area contributed by atoms with Crippen LogP contribution in [-0.4, -0.2) is 33.2 Å². The molecule has 128 valence electrons. The second kappa shape index (κ2) is 8.30. The average molecular weight is 352 g/mol. The first kappa shape index (κ1) is 17.7. The van der Waals surface area contributed by atoms with Gasteiger partial charge in [-0.3, -0.25) is 9.52 Å². The van der Waals surface area contributed by atoms with Gasteiger partial charge in [-0.15, -0.1) is 0 Å². The molecule has 8 heteroatoms. The van der Waals surface area contributed by atoms with E-state index in [0.717, 1.165) is 0 Å². The lowest BCUT2D eigenvalue weighted by Gasteiger charge is -2.09. The van der Waals surface area contributed by atoms with Crippen molar-refractivity contribution in [3.8, 4) is 5.75 Å². The molecule has 0 heterocycles. The molecule has 0 saturated carbocycles. The zero-order valence-corrected chi connectivity index (χ0v) is 13.6. The number of carbonyl (C=O) groups excluding carboxylic acids is 1. The van der Waals surface area contributed by atoms with E-state index in [1.54, 1.807) is 30.3 Å². The van der Waals surface area contributed by atoms with Gasteiger partial charge in [0, 0.05) is 12.2 Å². The van der Waals surface area contributed by atoms with Crippen LogP contribution in [0.5, 0.6) is 5.75 Å². The molecule has 6 nitrogen and oxygen atoms in total. The maximum Gasteiger partial charge on any atom is 0.257 e. The average Bonchev–Trinajstić information content (AvgIpc) is 2.54. The van der Waals surface area contributed by atoms with Crippen molar-refractivity contribution in [3.63, 3.8) is 0 Å². The van der Waals surface area contributed by atoms with E-state index in [2.05, 4.69) is 10.0 Å². The summed E-state index contributed by atoms with van der Waals surface area (Å²) in [7, 11) is -3.55. The Morgan fingerprint density at radius 3 is 2.38 bits per heavy atom. The zero-order chi connectivity index (χ0) is 17.4. The molecular weight excluding hydrogens is 335 g/mol. The van der Waals surface area contributed by atoms with E-state index in [0.29, 0.717) is 11.4 Å². The van der Waals surface area contributed by atoms with Gasteiger partial charge in [0.2, 0.25) is 10.0 Å². The number of sulfonamides is 1. The van der Waals surface area contributed by atoms with Crippen LogP contribution in [0.3, 0.4) is 0 Å². The molecule has 0 fully saturated rings. The Bertz CT molecular complexity index is 764. The van der Waals surface area contributed by atoms with Crippen LogP contribution in [0, 0.1) is 5.82 Å². The Labute approximate surface area is 139 Å². The smallest absolute Gasteiger partial charge is 0.257 e. The maximum absolute atomic E-state index is 12.7. The fourth-order valence-electron chi connectivity index (χ4n) is 1.79. The summed E-state index contributed by atoms with van der Waals surface area (Å²) >= 11 is 0. The van der Waals surface area contributed by atoms with E-state index in [9.17, 15) is 17.6 Å². The number of carbonyl (C=O) groups is 1. The van der Waals surface area contributed by atoms with Gasteiger partial charge >= 0.3 is 0 Å². The number of anilines is 1. The third-order valence-electron chi connectivity index (χ3n) is 2.92. The number of amides is 1. The lowest BCUT2D eigenvalue weighted by Crippen LogP contribution is -2.34. The zero-order valence-electron chi connectivity index (χ0n) is 12.7. The number of hydrogen-bond donors (Lipinski definition) is 2. The van der Waals surface area contributed by atoms with Crippen LogP contribution in [0.1, 0.15) is 0 Å². The van der Waals surface area contributed by atoms with Gasteiger partial charge in [0.15, 0.2) is 6.61 Å². The van der Waals surface area contributed by atoms with Gasteiger partial charge < -0.3 is 10.1 Å². The van der Waals surface area contributed by atoms with Gasteiger partial charge in [-0.05, 0) is 36.4 Å². The van der Waals surface area contributed by atoms with Crippen molar-refractivity contribution in [1.29, 1.82) is 0 Å². The molecule has 0 bridgehead atoms. The molecule has 0 saturated heterocycles. The van der Waals surface area contributed by atoms with Crippen LogP contribution in [0.15, 0.2) is 54.6 Å². The topological polar surface area (TPSA) is 84.5 Å². The van der Waals surface area contributed by atoms with Crippen LogP contribution >= 0.6 is 0 Å². The molecule has 2 aromatic rings. The Kier molecular flexibility index (Phi) is 6.14. The normalized spacial score (nSPS) is 10.9. The Morgan fingerprint density at radius 2 is 1.71 bits per heavy atom. The van der Waals surface area contributed by atoms with Crippen LogP contribution in [0.25, 0.3) is 0 Å². The molecular formula is C16H17FN2O4S. The molecule has 0 spiro atoms. The number of rotatable bonds is 8. The minimum absolute atomic E-state index is 0.0478. The van der Waals surface area contributed by atoms with Gasteiger partial charge in [0.05, 0.1) is 5.75 Å². The van der Waals surface area contributed by atoms with Gasteiger partial charge in [-0.25, -0.2) is 12.8 Å². The van der Waals surface area contributed by atoms with E-state index < -0.39 is 21.7 Å². The first-order chi connectivity index (χ1) is 11.4. The monoisotopic (exact) mass is 352 g/mol. The highest BCUT2D eigenvalue weighted by Crippen LogP contribution is 2.10. The fourth-order valence-corrected chi connectivity index (χ4v) is 2.76. The van der Waals surface area contributed by atoms with Crippen molar-refractivity contribution in [1.82, 2.24) is 5.32 Å². The third kappa shape index (κ3) is 6.25. The predicted molar refractivity (Wildman–Crippen MR) is 88.8 cm³/mol. The lowest BCUT2D eigenvalue weighted by atomic mass is 10.3. The van der Waals surface area contributed by atoms with Gasteiger partial charge in [0.1, 0.15) is 11.6 Å². The van der Waals surface area contributed by atoms with E-state index in [-0.39, 0.29) is 18.9 Å². The van der Waals surface area contributed by atoms with Crippen LogP contribution in [0.4, 0.5) is 10.1 Å². The molecule has 24 heavy (non-hydrogen) atoms. The molecule has 0 unspecified atom stereocenters. The quantitative estimate of drug-likeness (QED) is 0.758. The number of nitrogens with one attached hydrogen (secondary N) is 2. The summed E-state index contributed by atoms with van der Waals surface area (Å²) in [6, 6.07) is 13.7. The molecule has 0 radical (unpaired) electrons. The summed E-state index contributed by atoms with van der Waals surface area (Å²) < 4.78 is 44.0. The van der Waals surface area contributed by atoms with Crippen molar-refractivity contribution in [2.45, 2.75) is 0 Å². The van der Waals surface area contributed by atoms with Crippen molar-refractivity contribution in [2.24, 2.45) is 0 Å². The van der Waals surface area contributed by atoms with E-state index in [4.69, 9.17) is 4.74 Å². The molecule has 0 aromatic heterocycles. The summed E-state index contributed by atoms with van der Waals surface area (Å²) in [4.78, 5) is 11.6. The van der Waals surface area contributed by atoms with E-state index in [1.807, 2.05) is 0 Å².